The van der Waals surface area contributed by atoms with Gasteiger partial charge in [0.25, 0.3) is 11.8 Å². The third kappa shape index (κ3) is 2.15. The van der Waals surface area contributed by atoms with Gasteiger partial charge in [-0.3, -0.25) is 4.40 Å². The molecule has 0 saturated carbocycles. The van der Waals surface area contributed by atoms with E-state index in [-0.39, 0.29) is 0 Å². The molecule has 7 heteroatoms. The third-order valence-electron chi connectivity index (χ3n) is 3.69. The van der Waals surface area contributed by atoms with E-state index in [9.17, 15) is 0 Å². The Morgan fingerprint density at radius 3 is 2.95 bits per heavy atom. The first-order valence-corrected chi connectivity index (χ1v) is 7.05. The monoisotopic (exact) mass is 284 g/mol. The number of rotatable bonds is 2. The molecule has 1 fully saturated rings. The summed E-state index contributed by atoms with van der Waals surface area (Å²) in [5.41, 5.74) is 2.85. The highest BCUT2D eigenvalue weighted by atomic mass is 16.5. The summed E-state index contributed by atoms with van der Waals surface area (Å²) >= 11 is 0. The van der Waals surface area contributed by atoms with Gasteiger partial charge in [0.2, 0.25) is 0 Å². The number of imidazole rings is 1. The van der Waals surface area contributed by atoms with Crippen LogP contribution in [0.1, 0.15) is 5.56 Å². The molecule has 1 saturated heterocycles. The fourth-order valence-corrected chi connectivity index (χ4v) is 2.56. The van der Waals surface area contributed by atoms with E-state index in [2.05, 4.69) is 25.3 Å². The Morgan fingerprint density at radius 1 is 1.24 bits per heavy atom. The third-order valence-corrected chi connectivity index (χ3v) is 3.69. The number of fused-ring (bicyclic) bond motifs is 1. The van der Waals surface area contributed by atoms with Gasteiger partial charge in [-0.15, -0.1) is 0 Å². The molecule has 0 aromatic carbocycles. The summed E-state index contributed by atoms with van der Waals surface area (Å²) in [7, 11) is 0. The molecule has 3 aromatic rings. The van der Waals surface area contributed by atoms with Crippen LogP contribution >= 0.6 is 0 Å². The molecule has 108 valence electrons. The molecule has 3 aromatic heterocycles. The van der Waals surface area contributed by atoms with Crippen molar-refractivity contribution in [3.05, 3.63) is 30.1 Å². The second-order valence-electron chi connectivity index (χ2n) is 5.21. The van der Waals surface area contributed by atoms with Crippen molar-refractivity contribution in [3.63, 3.8) is 0 Å². The number of aryl methyl sites for hydroxylation is 1. The van der Waals surface area contributed by atoms with Crippen LogP contribution in [-0.4, -0.2) is 45.7 Å². The van der Waals surface area contributed by atoms with Crippen molar-refractivity contribution in [3.8, 4) is 11.6 Å². The molecule has 0 atom stereocenters. The van der Waals surface area contributed by atoms with Gasteiger partial charge in [0.1, 0.15) is 11.3 Å². The summed E-state index contributed by atoms with van der Waals surface area (Å²) in [5, 5.41) is 7.40. The second kappa shape index (κ2) is 4.85. The van der Waals surface area contributed by atoms with E-state index >= 15 is 0 Å². The Bertz CT molecular complexity index is 771. The van der Waals surface area contributed by atoms with Gasteiger partial charge in [-0.1, -0.05) is 6.07 Å². The van der Waals surface area contributed by atoms with Gasteiger partial charge in [-0.2, -0.15) is 4.98 Å². The maximum atomic E-state index is 5.43. The molecule has 0 aliphatic carbocycles. The van der Waals surface area contributed by atoms with Crippen LogP contribution in [0.25, 0.3) is 17.2 Å². The van der Waals surface area contributed by atoms with Crippen LogP contribution < -0.4 is 10.2 Å². The minimum Gasteiger partial charge on any atom is -0.336 e. The van der Waals surface area contributed by atoms with Gasteiger partial charge >= 0.3 is 0 Å². The normalized spacial score (nSPS) is 15.8. The van der Waals surface area contributed by atoms with Gasteiger partial charge in [0.15, 0.2) is 0 Å². The lowest BCUT2D eigenvalue weighted by Gasteiger charge is -2.25. The zero-order chi connectivity index (χ0) is 14.2. The first-order valence-electron chi connectivity index (χ1n) is 7.05. The number of pyridine rings is 1. The standard InChI is InChI=1S/C14H16N6O/c1-10-2-3-12-16-8-11(20(12)9-10)13-17-14(18-21-13)19-6-4-15-5-7-19/h2-3,8-9,15H,4-7H2,1H3. The maximum Gasteiger partial charge on any atom is 0.278 e. The van der Waals surface area contributed by atoms with Crippen molar-refractivity contribution in [2.75, 3.05) is 31.1 Å². The molecule has 1 N–H and O–H groups in total. The lowest BCUT2D eigenvalue weighted by molar-refractivity contribution is 0.425. The topological polar surface area (TPSA) is 71.5 Å². The summed E-state index contributed by atoms with van der Waals surface area (Å²) < 4.78 is 7.40. The molecule has 0 unspecified atom stereocenters. The van der Waals surface area contributed by atoms with Crippen molar-refractivity contribution in [1.29, 1.82) is 0 Å². The highest BCUT2D eigenvalue weighted by molar-refractivity contribution is 5.57. The number of nitrogens with one attached hydrogen (secondary N) is 1. The van der Waals surface area contributed by atoms with Crippen LogP contribution in [-0.2, 0) is 0 Å². The van der Waals surface area contributed by atoms with E-state index < -0.39 is 0 Å². The first-order chi connectivity index (χ1) is 10.3. The highest BCUT2D eigenvalue weighted by Gasteiger charge is 2.19. The van der Waals surface area contributed by atoms with Gasteiger partial charge in [-0.05, 0) is 23.7 Å². The van der Waals surface area contributed by atoms with E-state index in [1.165, 1.54) is 0 Å². The van der Waals surface area contributed by atoms with Crippen molar-refractivity contribution < 1.29 is 4.52 Å². The fraction of sp³-hybridized carbons (Fsp3) is 0.357. The Hall–Kier alpha value is -2.41. The number of hydrogen-bond donors (Lipinski definition) is 1. The molecule has 1 aliphatic heterocycles. The van der Waals surface area contributed by atoms with Crippen molar-refractivity contribution >= 4 is 11.6 Å². The number of nitrogens with zero attached hydrogens (tertiary/aromatic N) is 5. The fourth-order valence-electron chi connectivity index (χ4n) is 2.56. The molecular formula is C14H16N6O. The van der Waals surface area contributed by atoms with Gasteiger partial charge < -0.3 is 14.7 Å². The largest absolute Gasteiger partial charge is 0.336 e. The van der Waals surface area contributed by atoms with Gasteiger partial charge in [-0.25, -0.2) is 4.98 Å². The number of piperazine rings is 1. The summed E-state index contributed by atoms with van der Waals surface area (Å²) in [4.78, 5) is 11.0. The quantitative estimate of drug-likeness (QED) is 0.760. The van der Waals surface area contributed by atoms with E-state index in [1.54, 1.807) is 6.20 Å². The predicted molar refractivity (Wildman–Crippen MR) is 78.3 cm³/mol. The van der Waals surface area contributed by atoms with E-state index in [0.29, 0.717) is 11.8 Å². The molecule has 7 nitrogen and oxygen atoms in total. The van der Waals surface area contributed by atoms with E-state index in [4.69, 9.17) is 4.52 Å². The smallest absolute Gasteiger partial charge is 0.278 e. The minimum absolute atomic E-state index is 0.502. The lowest BCUT2D eigenvalue weighted by atomic mass is 10.3. The number of hydrogen-bond acceptors (Lipinski definition) is 6. The van der Waals surface area contributed by atoms with Crippen LogP contribution in [0.3, 0.4) is 0 Å². The lowest BCUT2D eigenvalue weighted by Crippen LogP contribution is -2.44. The summed E-state index contributed by atoms with van der Waals surface area (Å²) in [5.74, 6) is 1.15. The second-order valence-corrected chi connectivity index (χ2v) is 5.21. The molecule has 0 spiro atoms. The van der Waals surface area contributed by atoms with Gasteiger partial charge in [0, 0.05) is 32.4 Å². The molecule has 4 heterocycles. The average Bonchev–Trinajstić information content (AvgIpc) is 3.14. The number of anilines is 1. The molecule has 0 bridgehead atoms. The SMILES string of the molecule is Cc1ccc2ncc(-c3nc(N4CCNCC4)no3)n2c1. The molecule has 21 heavy (non-hydrogen) atoms. The zero-order valence-corrected chi connectivity index (χ0v) is 11.8. The molecule has 4 rings (SSSR count). The molecule has 0 amide bonds. The number of aromatic nitrogens is 4. The predicted octanol–water partition coefficient (Wildman–Crippen LogP) is 1.10. The Balaban J connectivity index is 1.72. The van der Waals surface area contributed by atoms with Crippen LogP contribution in [0.5, 0.6) is 0 Å². The first kappa shape index (κ1) is 12.3. The molecule has 0 radical (unpaired) electrons. The molecule has 1 aliphatic rings. The zero-order valence-electron chi connectivity index (χ0n) is 11.8. The van der Waals surface area contributed by atoms with E-state index in [1.807, 2.05) is 29.7 Å². The van der Waals surface area contributed by atoms with Crippen molar-refractivity contribution in [2.24, 2.45) is 0 Å². The molecular weight excluding hydrogens is 268 g/mol. The van der Waals surface area contributed by atoms with E-state index in [0.717, 1.165) is 43.1 Å². The Morgan fingerprint density at radius 2 is 2.10 bits per heavy atom. The van der Waals surface area contributed by atoms with Crippen LogP contribution in [0.15, 0.2) is 29.0 Å². The summed E-state index contributed by atoms with van der Waals surface area (Å²) in [6.07, 6.45) is 3.79. The van der Waals surface area contributed by atoms with Crippen LogP contribution in [0, 0.1) is 6.92 Å². The van der Waals surface area contributed by atoms with Crippen LogP contribution in [0.2, 0.25) is 0 Å². The Kier molecular flexibility index (Phi) is 2.85. The Labute approximate surface area is 121 Å². The highest BCUT2D eigenvalue weighted by Crippen LogP contribution is 2.22. The van der Waals surface area contributed by atoms with Gasteiger partial charge in [0.05, 0.1) is 6.20 Å². The summed E-state index contributed by atoms with van der Waals surface area (Å²) in [6, 6.07) is 4.01. The van der Waals surface area contributed by atoms with Crippen molar-refractivity contribution in [2.45, 2.75) is 6.92 Å². The van der Waals surface area contributed by atoms with Crippen LogP contribution in [0.4, 0.5) is 5.95 Å². The average molecular weight is 284 g/mol. The van der Waals surface area contributed by atoms with Crippen molar-refractivity contribution in [1.82, 2.24) is 24.8 Å². The minimum atomic E-state index is 0.502. The maximum absolute atomic E-state index is 5.43. The summed E-state index contributed by atoms with van der Waals surface area (Å²) in [6.45, 7) is 5.72.